The maximum Gasteiger partial charge on any atom is 0.343 e. The molecule has 3 aromatic rings. The van der Waals surface area contributed by atoms with Gasteiger partial charge >= 0.3 is 11.9 Å². The van der Waals surface area contributed by atoms with E-state index in [2.05, 4.69) is 4.74 Å². The fraction of sp³-hybridized carbons (Fsp3) is 0.182. The second-order valence-corrected chi connectivity index (χ2v) is 6.73. The van der Waals surface area contributed by atoms with Crippen LogP contribution in [0.4, 0.5) is 0 Å². The van der Waals surface area contributed by atoms with E-state index in [-0.39, 0.29) is 22.3 Å². The predicted octanol–water partition coefficient (Wildman–Crippen LogP) is 1.92. The lowest BCUT2D eigenvalue weighted by atomic mass is 10.0. The zero-order valence-electron chi connectivity index (χ0n) is 16.9. The third-order valence-electron chi connectivity index (χ3n) is 4.87. The number of ether oxygens (including phenoxy) is 2. The molecular formula is C22H20N2O7. The van der Waals surface area contributed by atoms with Crippen molar-refractivity contribution in [3.05, 3.63) is 64.8 Å². The molecule has 0 saturated heterocycles. The maximum atomic E-state index is 12.7. The molecule has 0 radical (unpaired) electrons. The number of carboxylic acid groups (broad SMARTS) is 1. The van der Waals surface area contributed by atoms with Crippen molar-refractivity contribution in [3.63, 3.8) is 0 Å². The third-order valence-corrected chi connectivity index (χ3v) is 4.87. The van der Waals surface area contributed by atoms with E-state index in [4.69, 9.17) is 10.5 Å². The van der Waals surface area contributed by atoms with Crippen molar-refractivity contribution in [2.45, 2.75) is 13.5 Å². The van der Waals surface area contributed by atoms with Gasteiger partial charge in [-0.15, -0.1) is 0 Å². The van der Waals surface area contributed by atoms with Crippen molar-refractivity contribution in [2.24, 2.45) is 5.73 Å². The van der Waals surface area contributed by atoms with Gasteiger partial charge in [-0.3, -0.25) is 9.59 Å². The summed E-state index contributed by atoms with van der Waals surface area (Å²) in [7, 11) is 1.16. The number of aromatic nitrogens is 1. The number of nitrogens with two attached hydrogens (primary N) is 1. The van der Waals surface area contributed by atoms with E-state index in [9.17, 15) is 24.3 Å². The number of carbonyl (C=O) groups excluding carboxylic acids is 3. The Morgan fingerprint density at radius 2 is 1.74 bits per heavy atom. The Kier molecular flexibility index (Phi) is 6.05. The second-order valence-electron chi connectivity index (χ2n) is 6.73. The van der Waals surface area contributed by atoms with Crippen molar-refractivity contribution in [1.82, 2.24) is 4.57 Å². The van der Waals surface area contributed by atoms with E-state index in [0.717, 1.165) is 12.7 Å². The predicted molar refractivity (Wildman–Crippen MR) is 110 cm³/mol. The molecule has 9 heteroatoms. The van der Waals surface area contributed by atoms with Crippen molar-refractivity contribution < 1.29 is 33.8 Å². The van der Waals surface area contributed by atoms with Crippen molar-refractivity contribution >= 4 is 34.5 Å². The van der Waals surface area contributed by atoms with Crippen LogP contribution in [0.1, 0.15) is 32.0 Å². The van der Waals surface area contributed by atoms with Crippen LogP contribution in [0.15, 0.2) is 42.5 Å². The van der Waals surface area contributed by atoms with Crippen molar-refractivity contribution in [3.8, 4) is 5.75 Å². The molecule has 2 aromatic carbocycles. The molecule has 0 spiro atoms. The van der Waals surface area contributed by atoms with Gasteiger partial charge in [0, 0.05) is 12.2 Å². The highest BCUT2D eigenvalue weighted by Crippen LogP contribution is 2.37. The molecule has 3 N–H and O–H groups in total. The number of rotatable bonds is 8. The van der Waals surface area contributed by atoms with Crippen molar-refractivity contribution in [2.75, 3.05) is 13.7 Å². The van der Waals surface area contributed by atoms with Gasteiger partial charge in [-0.05, 0) is 24.6 Å². The number of benzene rings is 2. The van der Waals surface area contributed by atoms with Crippen molar-refractivity contribution in [1.29, 1.82) is 0 Å². The number of fused-ring (bicyclic) bond motifs is 1. The minimum atomic E-state index is -1.33. The van der Waals surface area contributed by atoms with E-state index >= 15 is 0 Å². The van der Waals surface area contributed by atoms with Crippen LogP contribution >= 0.6 is 0 Å². The number of primary amides is 1. The minimum absolute atomic E-state index is 0.0682. The molecule has 0 fully saturated rings. The molecule has 1 heterocycles. The molecule has 9 nitrogen and oxygen atoms in total. The fourth-order valence-corrected chi connectivity index (χ4v) is 3.41. The summed E-state index contributed by atoms with van der Waals surface area (Å²) < 4.78 is 11.8. The Morgan fingerprint density at radius 1 is 1.06 bits per heavy atom. The number of hydrogen-bond acceptors (Lipinski definition) is 6. The van der Waals surface area contributed by atoms with Gasteiger partial charge in [0.2, 0.25) is 0 Å². The van der Waals surface area contributed by atoms with Gasteiger partial charge in [0.1, 0.15) is 11.3 Å². The summed E-state index contributed by atoms with van der Waals surface area (Å²) in [6.07, 6.45) is 0. The highest BCUT2D eigenvalue weighted by molar-refractivity contribution is 6.45. The third kappa shape index (κ3) is 4.11. The van der Waals surface area contributed by atoms with Crippen LogP contribution in [0.5, 0.6) is 5.75 Å². The monoisotopic (exact) mass is 424 g/mol. The van der Waals surface area contributed by atoms with Crippen LogP contribution in [0.3, 0.4) is 0 Å². The van der Waals surface area contributed by atoms with E-state index in [0.29, 0.717) is 17.8 Å². The van der Waals surface area contributed by atoms with E-state index < -0.39 is 30.2 Å². The minimum Gasteiger partial charge on any atom is -0.480 e. The zero-order chi connectivity index (χ0) is 22.7. The topological polar surface area (TPSA) is 138 Å². The fourth-order valence-electron chi connectivity index (χ4n) is 3.41. The van der Waals surface area contributed by atoms with Crippen LogP contribution in [-0.2, 0) is 20.9 Å². The smallest absolute Gasteiger partial charge is 0.343 e. The number of ketones is 1. The highest BCUT2D eigenvalue weighted by atomic mass is 16.6. The summed E-state index contributed by atoms with van der Waals surface area (Å²) in [6.45, 7) is 1.39. The van der Waals surface area contributed by atoms with Gasteiger partial charge in [-0.1, -0.05) is 30.3 Å². The Balaban J connectivity index is 2.33. The summed E-state index contributed by atoms with van der Waals surface area (Å²) in [6, 6.07) is 12.2. The van der Waals surface area contributed by atoms with E-state index in [1.807, 2.05) is 30.3 Å². The van der Waals surface area contributed by atoms with Gasteiger partial charge < -0.3 is 24.9 Å². The summed E-state index contributed by atoms with van der Waals surface area (Å²) in [5.41, 5.74) is 6.69. The average Bonchev–Trinajstić information content (AvgIpc) is 3.03. The first kappa shape index (κ1) is 21.6. The molecule has 0 atom stereocenters. The van der Waals surface area contributed by atoms with Gasteiger partial charge in [-0.25, -0.2) is 9.59 Å². The van der Waals surface area contributed by atoms with Crippen LogP contribution < -0.4 is 10.5 Å². The largest absolute Gasteiger partial charge is 0.480 e. The van der Waals surface area contributed by atoms with Crippen LogP contribution in [0, 0.1) is 6.92 Å². The quantitative estimate of drug-likeness (QED) is 0.320. The Morgan fingerprint density at radius 3 is 2.32 bits per heavy atom. The van der Waals surface area contributed by atoms with Gasteiger partial charge in [-0.2, -0.15) is 0 Å². The lowest BCUT2D eigenvalue weighted by Crippen LogP contribution is -2.24. The summed E-state index contributed by atoms with van der Waals surface area (Å²) >= 11 is 0. The molecular weight excluding hydrogens is 404 g/mol. The first-order chi connectivity index (χ1) is 14.8. The van der Waals surface area contributed by atoms with Crippen LogP contribution in [0.25, 0.3) is 10.9 Å². The Bertz CT molecular complexity index is 1200. The lowest BCUT2D eigenvalue weighted by molar-refractivity contribution is -0.142. The maximum absolute atomic E-state index is 12.7. The number of esters is 1. The van der Waals surface area contributed by atoms with Gasteiger partial charge in [0.25, 0.3) is 11.7 Å². The molecule has 0 aliphatic carbocycles. The number of hydrogen-bond donors (Lipinski definition) is 2. The van der Waals surface area contributed by atoms with Gasteiger partial charge in [0.05, 0.1) is 23.6 Å². The number of carbonyl (C=O) groups is 4. The second kappa shape index (κ2) is 8.70. The average molecular weight is 424 g/mol. The summed E-state index contributed by atoms with van der Waals surface area (Å²) in [4.78, 5) is 47.8. The first-order valence-electron chi connectivity index (χ1n) is 9.23. The summed E-state index contributed by atoms with van der Waals surface area (Å²) in [5.74, 6) is -4.46. The Hall–Kier alpha value is -4.14. The first-order valence-corrected chi connectivity index (χ1v) is 9.23. The highest BCUT2D eigenvalue weighted by Gasteiger charge is 2.29. The number of amides is 1. The number of aromatic carboxylic acids is 1. The number of methoxy groups -OCH3 is 1. The number of nitrogens with zero attached hydrogens (tertiary/aromatic N) is 1. The molecule has 0 bridgehead atoms. The molecule has 31 heavy (non-hydrogen) atoms. The Labute approximate surface area is 177 Å². The normalized spacial score (nSPS) is 10.6. The molecule has 0 aliphatic heterocycles. The number of Topliss-reactive ketones (excluding diaryl/α,β-unsaturated/α-hetero) is 1. The molecule has 0 unspecified atom stereocenters. The molecule has 0 aliphatic rings. The lowest BCUT2D eigenvalue weighted by Gasteiger charge is -2.12. The summed E-state index contributed by atoms with van der Waals surface area (Å²) in [5, 5.41) is 9.72. The molecule has 3 rings (SSSR count). The molecule has 1 amide bonds. The van der Waals surface area contributed by atoms with Gasteiger partial charge in [0.15, 0.2) is 6.61 Å². The molecule has 160 valence electrons. The number of carboxylic acids is 1. The molecule has 1 aromatic heterocycles. The van der Waals surface area contributed by atoms with E-state index in [1.54, 1.807) is 11.5 Å². The zero-order valence-corrected chi connectivity index (χ0v) is 16.9. The standard InChI is InChI=1S/C22H20N2O7/c1-12-17(19(26)21(23)27)18-15(24(12)10-13-6-4-3-5-7-13)9-8-14(22(28)29)20(18)31-11-16(25)30-2/h3-9H,10-11H2,1-2H3,(H2,23,27)(H,28,29). The van der Waals surface area contributed by atoms with Crippen LogP contribution in [-0.4, -0.2) is 47.0 Å². The molecule has 0 saturated carbocycles. The van der Waals surface area contributed by atoms with Crippen LogP contribution in [0.2, 0.25) is 0 Å². The SMILES string of the molecule is COC(=O)COc1c(C(=O)O)ccc2c1c(C(=O)C(N)=O)c(C)n2Cc1ccccc1. The van der Waals surface area contributed by atoms with E-state index in [1.165, 1.54) is 12.1 Å².